The molecule has 3 rings (SSSR count). The number of rotatable bonds is 1. The van der Waals surface area contributed by atoms with Crippen LogP contribution in [0.1, 0.15) is 12.8 Å². The number of hydrogen-bond acceptors (Lipinski definition) is 3. The molecule has 3 heterocycles. The van der Waals surface area contributed by atoms with Gasteiger partial charge in [-0.05, 0) is 31.5 Å². The van der Waals surface area contributed by atoms with Gasteiger partial charge in [-0.1, -0.05) is 6.08 Å². The topological polar surface area (TPSA) is 27.6 Å². The lowest BCUT2D eigenvalue weighted by Gasteiger charge is -2.18. The normalized spacial score (nSPS) is 34.9. The fourth-order valence-corrected chi connectivity index (χ4v) is 2.41. The SMILES string of the molecule is C1=CC2=NC([C@H]3CCCN3)CN2C=C1. The molecule has 74 valence electrons. The van der Waals surface area contributed by atoms with Gasteiger partial charge in [0, 0.05) is 18.8 Å². The van der Waals surface area contributed by atoms with Crippen molar-refractivity contribution in [1.29, 1.82) is 0 Å². The summed E-state index contributed by atoms with van der Waals surface area (Å²) in [7, 11) is 0. The van der Waals surface area contributed by atoms with E-state index in [2.05, 4.69) is 34.6 Å². The first-order valence-corrected chi connectivity index (χ1v) is 5.36. The summed E-state index contributed by atoms with van der Waals surface area (Å²) in [5.41, 5.74) is 0. The first-order chi connectivity index (χ1) is 6.93. The Hall–Kier alpha value is -1.09. The van der Waals surface area contributed by atoms with E-state index in [-0.39, 0.29) is 0 Å². The van der Waals surface area contributed by atoms with Gasteiger partial charge in [0.05, 0.1) is 6.04 Å². The third-order valence-corrected chi connectivity index (χ3v) is 3.16. The first kappa shape index (κ1) is 8.24. The largest absolute Gasteiger partial charge is 0.331 e. The summed E-state index contributed by atoms with van der Waals surface area (Å²) in [6.07, 6.45) is 10.9. The molecule has 14 heavy (non-hydrogen) atoms. The minimum absolute atomic E-state index is 0.458. The van der Waals surface area contributed by atoms with Crippen LogP contribution in [0.3, 0.4) is 0 Å². The predicted octanol–water partition coefficient (Wildman–Crippen LogP) is 0.905. The molecular weight excluding hydrogens is 174 g/mol. The molecule has 3 aliphatic rings. The lowest BCUT2D eigenvalue weighted by molar-refractivity contribution is 0.445. The van der Waals surface area contributed by atoms with E-state index in [1.807, 2.05) is 0 Å². The van der Waals surface area contributed by atoms with Crippen molar-refractivity contribution >= 4 is 5.84 Å². The zero-order valence-electron chi connectivity index (χ0n) is 8.19. The van der Waals surface area contributed by atoms with E-state index < -0.39 is 0 Å². The smallest absolute Gasteiger partial charge is 0.127 e. The van der Waals surface area contributed by atoms with Crippen LogP contribution in [0, 0.1) is 0 Å². The fraction of sp³-hybridized carbons (Fsp3) is 0.545. The number of hydrogen-bond donors (Lipinski definition) is 1. The molecule has 3 heteroatoms. The Labute approximate surface area is 84.2 Å². The molecule has 1 saturated heterocycles. The van der Waals surface area contributed by atoms with Crippen molar-refractivity contribution in [3.8, 4) is 0 Å². The molecule has 0 radical (unpaired) electrons. The minimum atomic E-state index is 0.458. The Morgan fingerprint density at radius 3 is 3.21 bits per heavy atom. The number of allylic oxidation sites excluding steroid dienone is 2. The molecule has 0 amide bonds. The van der Waals surface area contributed by atoms with Crippen LogP contribution >= 0.6 is 0 Å². The van der Waals surface area contributed by atoms with E-state index in [1.54, 1.807) is 0 Å². The summed E-state index contributed by atoms with van der Waals surface area (Å²) in [5, 5.41) is 3.53. The van der Waals surface area contributed by atoms with Crippen LogP contribution in [0.5, 0.6) is 0 Å². The maximum Gasteiger partial charge on any atom is 0.127 e. The van der Waals surface area contributed by atoms with Gasteiger partial charge < -0.3 is 10.2 Å². The second-order valence-electron chi connectivity index (χ2n) is 4.11. The van der Waals surface area contributed by atoms with E-state index in [4.69, 9.17) is 4.99 Å². The molecule has 0 bridgehead atoms. The van der Waals surface area contributed by atoms with Crippen molar-refractivity contribution in [2.24, 2.45) is 4.99 Å². The molecule has 1 N–H and O–H groups in total. The van der Waals surface area contributed by atoms with Crippen molar-refractivity contribution in [2.75, 3.05) is 13.1 Å². The summed E-state index contributed by atoms with van der Waals surface area (Å²) < 4.78 is 0. The second kappa shape index (κ2) is 3.24. The lowest BCUT2D eigenvalue weighted by atomic mass is 10.1. The van der Waals surface area contributed by atoms with Crippen LogP contribution in [0.4, 0.5) is 0 Å². The van der Waals surface area contributed by atoms with Crippen molar-refractivity contribution < 1.29 is 0 Å². The van der Waals surface area contributed by atoms with Crippen LogP contribution in [0.25, 0.3) is 0 Å². The van der Waals surface area contributed by atoms with Gasteiger partial charge in [-0.15, -0.1) is 0 Å². The maximum atomic E-state index is 4.73. The molecule has 0 saturated carbocycles. The Kier molecular flexibility index (Phi) is 1.91. The van der Waals surface area contributed by atoms with Gasteiger partial charge in [-0.3, -0.25) is 4.99 Å². The summed E-state index contributed by atoms with van der Waals surface area (Å²) in [5.74, 6) is 1.13. The number of aliphatic imine (C=N–C) groups is 1. The molecule has 0 aliphatic carbocycles. The van der Waals surface area contributed by atoms with Crippen molar-refractivity contribution in [1.82, 2.24) is 10.2 Å². The standard InChI is InChI=1S/C11H15N3/c1-2-7-14-8-10(13-11(14)5-1)9-4-3-6-12-9/h1-2,5,7,9-10,12H,3-4,6,8H2/t9-,10?/m1/s1. The van der Waals surface area contributed by atoms with E-state index in [9.17, 15) is 0 Å². The zero-order chi connectivity index (χ0) is 9.38. The summed E-state index contributed by atoms with van der Waals surface area (Å²) in [6, 6.07) is 1.06. The Morgan fingerprint density at radius 2 is 2.43 bits per heavy atom. The molecule has 1 fully saturated rings. The minimum Gasteiger partial charge on any atom is -0.331 e. The first-order valence-electron chi connectivity index (χ1n) is 5.36. The highest BCUT2D eigenvalue weighted by atomic mass is 15.3. The van der Waals surface area contributed by atoms with Crippen LogP contribution in [0.2, 0.25) is 0 Å². The van der Waals surface area contributed by atoms with Gasteiger partial charge in [0.2, 0.25) is 0 Å². The highest BCUT2D eigenvalue weighted by molar-refractivity contribution is 5.96. The molecule has 1 unspecified atom stereocenters. The molecule has 0 aromatic carbocycles. The molecule has 3 aliphatic heterocycles. The Balaban J connectivity index is 1.76. The molecule has 2 atom stereocenters. The van der Waals surface area contributed by atoms with Gasteiger partial charge in [0.25, 0.3) is 0 Å². The van der Waals surface area contributed by atoms with Crippen LogP contribution in [0.15, 0.2) is 29.4 Å². The van der Waals surface area contributed by atoms with Crippen LogP contribution < -0.4 is 5.32 Å². The van der Waals surface area contributed by atoms with Gasteiger partial charge in [0.15, 0.2) is 0 Å². The quantitative estimate of drug-likeness (QED) is 0.664. The average Bonchev–Trinajstić information content (AvgIpc) is 2.86. The zero-order valence-corrected chi connectivity index (χ0v) is 8.19. The van der Waals surface area contributed by atoms with E-state index in [1.165, 1.54) is 12.8 Å². The van der Waals surface area contributed by atoms with Gasteiger partial charge in [-0.2, -0.15) is 0 Å². The average molecular weight is 189 g/mol. The van der Waals surface area contributed by atoms with E-state index >= 15 is 0 Å². The summed E-state index contributed by atoms with van der Waals surface area (Å²) in [4.78, 5) is 6.97. The molecular formula is C11H15N3. The highest BCUT2D eigenvalue weighted by Crippen LogP contribution is 2.20. The maximum absolute atomic E-state index is 4.73. The third-order valence-electron chi connectivity index (χ3n) is 3.16. The fourth-order valence-electron chi connectivity index (χ4n) is 2.41. The van der Waals surface area contributed by atoms with E-state index in [0.29, 0.717) is 12.1 Å². The van der Waals surface area contributed by atoms with Crippen LogP contribution in [-0.2, 0) is 0 Å². The second-order valence-corrected chi connectivity index (χ2v) is 4.11. The summed E-state index contributed by atoms with van der Waals surface area (Å²) in [6.45, 7) is 2.21. The molecule has 3 nitrogen and oxygen atoms in total. The number of nitrogens with one attached hydrogen (secondary N) is 1. The third kappa shape index (κ3) is 1.28. The van der Waals surface area contributed by atoms with Crippen molar-refractivity contribution in [2.45, 2.75) is 24.9 Å². The number of nitrogens with zero attached hydrogens (tertiary/aromatic N) is 2. The Morgan fingerprint density at radius 1 is 1.43 bits per heavy atom. The number of fused-ring (bicyclic) bond motifs is 1. The van der Waals surface area contributed by atoms with E-state index in [0.717, 1.165) is 18.9 Å². The van der Waals surface area contributed by atoms with Crippen molar-refractivity contribution in [3.63, 3.8) is 0 Å². The van der Waals surface area contributed by atoms with Crippen LogP contribution in [-0.4, -0.2) is 35.9 Å². The monoisotopic (exact) mass is 189 g/mol. The highest BCUT2D eigenvalue weighted by Gasteiger charge is 2.31. The van der Waals surface area contributed by atoms with Gasteiger partial charge in [0.1, 0.15) is 5.84 Å². The van der Waals surface area contributed by atoms with Gasteiger partial charge >= 0.3 is 0 Å². The van der Waals surface area contributed by atoms with Gasteiger partial charge in [-0.25, -0.2) is 0 Å². The predicted molar refractivity (Wildman–Crippen MR) is 57.2 cm³/mol. The molecule has 0 spiro atoms. The Bertz CT molecular complexity index is 310. The number of amidine groups is 1. The lowest BCUT2D eigenvalue weighted by Crippen LogP contribution is -2.36. The van der Waals surface area contributed by atoms with Crippen molar-refractivity contribution in [3.05, 3.63) is 24.4 Å². The molecule has 0 aromatic rings. The summed E-state index contributed by atoms with van der Waals surface area (Å²) >= 11 is 0. The molecule has 0 aromatic heterocycles.